The van der Waals surface area contributed by atoms with Crippen LogP contribution in [0.4, 0.5) is 11.4 Å². The van der Waals surface area contributed by atoms with Crippen molar-refractivity contribution in [2.45, 2.75) is 33.2 Å². The van der Waals surface area contributed by atoms with Gasteiger partial charge in [0.05, 0.1) is 4.92 Å². The van der Waals surface area contributed by atoms with Gasteiger partial charge in [-0.05, 0) is 32.8 Å². The summed E-state index contributed by atoms with van der Waals surface area (Å²) in [5, 5.41) is 19.7. The van der Waals surface area contributed by atoms with Crippen LogP contribution in [0.15, 0.2) is 18.2 Å². The minimum absolute atomic E-state index is 0.102. The van der Waals surface area contributed by atoms with Gasteiger partial charge in [0.15, 0.2) is 0 Å². The number of hydrogen-bond acceptors (Lipinski definition) is 4. The zero-order chi connectivity index (χ0) is 13.7. The van der Waals surface area contributed by atoms with E-state index < -0.39 is 0 Å². The molecular weight excluding hydrogens is 232 g/mol. The van der Waals surface area contributed by atoms with Crippen LogP contribution in [0.25, 0.3) is 0 Å². The minimum Gasteiger partial charge on any atom is -0.396 e. The summed E-state index contributed by atoms with van der Waals surface area (Å²) >= 11 is 0. The van der Waals surface area contributed by atoms with Crippen molar-refractivity contribution in [3.63, 3.8) is 0 Å². The van der Waals surface area contributed by atoms with Gasteiger partial charge in [0.25, 0.3) is 5.69 Å². The van der Waals surface area contributed by atoms with Gasteiger partial charge in [-0.25, -0.2) is 0 Å². The van der Waals surface area contributed by atoms with Gasteiger partial charge in [0.1, 0.15) is 0 Å². The van der Waals surface area contributed by atoms with E-state index in [2.05, 4.69) is 4.90 Å². The summed E-state index contributed by atoms with van der Waals surface area (Å²) in [7, 11) is 0. The lowest BCUT2D eigenvalue weighted by molar-refractivity contribution is -0.384. The van der Waals surface area contributed by atoms with Gasteiger partial charge in [-0.1, -0.05) is 6.07 Å². The van der Waals surface area contributed by atoms with Crippen LogP contribution in [0.1, 0.15) is 25.8 Å². The summed E-state index contributed by atoms with van der Waals surface area (Å²) < 4.78 is 0. The number of nitro benzene ring substituents is 1. The summed E-state index contributed by atoms with van der Waals surface area (Å²) in [5.41, 5.74) is 1.98. The lowest BCUT2D eigenvalue weighted by Gasteiger charge is -2.30. The van der Waals surface area contributed by atoms with E-state index in [1.54, 1.807) is 12.1 Å². The van der Waals surface area contributed by atoms with E-state index in [4.69, 9.17) is 5.11 Å². The van der Waals surface area contributed by atoms with Gasteiger partial charge >= 0.3 is 0 Å². The second-order valence-corrected chi connectivity index (χ2v) is 4.59. The first-order chi connectivity index (χ1) is 8.47. The maximum absolute atomic E-state index is 10.8. The molecule has 0 heterocycles. The molecule has 1 aromatic carbocycles. The molecule has 0 fully saturated rings. The Labute approximate surface area is 107 Å². The summed E-state index contributed by atoms with van der Waals surface area (Å²) in [6, 6.07) is 5.12. The fraction of sp³-hybridized carbons (Fsp3) is 0.538. The van der Waals surface area contributed by atoms with Crippen molar-refractivity contribution in [3.05, 3.63) is 33.9 Å². The minimum atomic E-state index is -0.381. The highest BCUT2D eigenvalue weighted by Crippen LogP contribution is 2.27. The monoisotopic (exact) mass is 252 g/mol. The topological polar surface area (TPSA) is 66.6 Å². The summed E-state index contributed by atoms with van der Waals surface area (Å²) in [4.78, 5) is 12.5. The fourth-order valence-electron chi connectivity index (χ4n) is 1.92. The molecule has 0 aliphatic carbocycles. The van der Waals surface area contributed by atoms with E-state index >= 15 is 0 Å². The molecule has 5 heteroatoms. The molecule has 0 saturated heterocycles. The number of non-ortho nitro benzene ring substituents is 1. The molecule has 0 aliphatic rings. The fourth-order valence-corrected chi connectivity index (χ4v) is 1.92. The highest BCUT2D eigenvalue weighted by molar-refractivity contribution is 5.59. The summed E-state index contributed by atoms with van der Waals surface area (Å²) in [6.07, 6.45) is 0.653. The molecule has 1 rings (SSSR count). The lowest BCUT2D eigenvalue weighted by atomic mass is 10.1. The highest BCUT2D eigenvalue weighted by Gasteiger charge is 2.16. The summed E-state index contributed by atoms with van der Waals surface area (Å²) in [5.74, 6) is 0. The van der Waals surface area contributed by atoms with Crippen molar-refractivity contribution in [1.29, 1.82) is 0 Å². The van der Waals surface area contributed by atoms with Crippen LogP contribution in [-0.4, -0.2) is 29.2 Å². The molecule has 100 valence electrons. The first kappa shape index (κ1) is 14.4. The molecular formula is C13H20N2O3. The number of hydrogen-bond donors (Lipinski definition) is 1. The highest BCUT2D eigenvalue weighted by atomic mass is 16.6. The van der Waals surface area contributed by atoms with Crippen molar-refractivity contribution < 1.29 is 10.0 Å². The average molecular weight is 252 g/mol. The standard InChI is InChI=1S/C13H20N2O3/c1-10(2)14(7-4-8-16)13-9-12(15(17)18)6-5-11(13)3/h5-6,9-10,16H,4,7-8H2,1-3H3. The Morgan fingerprint density at radius 3 is 2.61 bits per heavy atom. The molecule has 18 heavy (non-hydrogen) atoms. The van der Waals surface area contributed by atoms with Gasteiger partial charge in [0.2, 0.25) is 0 Å². The first-order valence-corrected chi connectivity index (χ1v) is 6.10. The maximum Gasteiger partial charge on any atom is 0.271 e. The van der Waals surface area contributed by atoms with E-state index in [1.165, 1.54) is 6.07 Å². The Bertz CT molecular complexity index is 419. The second kappa shape index (κ2) is 6.35. The number of aryl methyl sites for hydroxylation is 1. The number of anilines is 1. The molecule has 0 spiro atoms. The quantitative estimate of drug-likeness (QED) is 0.624. The van der Waals surface area contributed by atoms with Crippen molar-refractivity contribution in [3.8, 4) is 0 Å². The largest absolute Gasteiger partial charge is 0.396 e. The van der Waals surface area contributed by atoms with E-state index in [9.17, 15) is 10.1 Å². The van der Waals surface area contributed by atoms with Crippen LogP contribution in [0.5, 0.6) is 0 Å². The van der Waals surface area contributed by atoms with Gasteiger partial charge < -0.3 is 10.0 Å². The molecule has 0 aliphatic heterocycles. The average Bonchev–Trinajstić information content (AvgIpc) is 2.31. The van der Waals surface area contributed by atoms with Crippen LogP contribution in [0.2, 0.25) is 0 Å². The third kappa shape index (κ3) is 3.43. The molecule has 0 unspecified atom stereocenters. The number of rotatable bonds is 6. The molecule has 5 nitrogen and oxygen atoms in total. The molecule has 0 bridgehead atoms. The lowest BCUT2D eigenvalue weighted by Crippen LogP contribution is -2.32. The molecule has 0 aromatic heterocycles. The van der Waals surface area contributed by atoms with Crippen LogP contribution < -0.4 is 4.90 Å². The Morgan fingerprint density at radius 2 is 2.11 bits per heavy atom. The molecule has 0 amide bonds. The number of aliphatic hydroxyl groups is 1. The SMILES string of the molecule is Cc1ccc([N+](=O)[O-])cc1N(CCCO)C(C)C. The van der Waals surface area contributed by atoms with Crippen LogP contribution >= 0.6 is 0 Å². The van der Waals surface area contributed by atoms with E-state index in [-0.39, 0.29) is 23.3 Å². The number of aliphatic hydroxyl groups excluding tert-OH is 1. The van der Waals surface area contributed by atoms with E-state index in [0.717, 1.165) is 11.3 Å². The Hall–Kier alpha value is -1.62. The van der Waals surface area contributed by atoms with Crippen molar-refractivity contribution >= 4 is 11.4 Å². The number of benzene rings is 1. The zero-order valence-corrected chi connectivity index (χ0v) is 11.1. The zero-order valence-electron chi connectivity index (χ0n) is 11.1. The molecule has 0 atom stereocenters. The molecule has 1 aromatic rings. The molecule has 1 N–H and O–H groups in total. The van der Waals surface area contributed by atoms with Gasteiger partial charge in [-0.15, -0.1) is 0 Å². The smallest absolute Gasteiger partial charge is 0.271 e. The molecule has 0 saturated carbocycles. The van der Waals surface area contributed by atoms with Crippen LogP contribution in [-0.2, 0) is 0 Å². The van der Waals surface area contributed by atoms with Gasteiger partial charge in [-0.2, -0.15) is 0 Å². The predicted molar refractivity (Wildman–Crippen MR) is 72.0 cm³/mol. The Morgan fingerprint density at radius 1 is 1.44 bits per heavy atom. The number of nitro groups is 1. The van der Waals surface area contributed by atoms with E-state index in [1.807, 2.05) is 20.8 Å². The third-order valence-corrected chi connectivity index (χ3v) is 2.89. The van der Waals surface area contributed by atoms with Gasteiger partial charge in [0, 0.05) is 37.0 Å². The van der Waals surface area contributed by atoms with E-state index in [0.29, 0.717) is 13.0 Å². The summed E-state index contributed by atoms with van der Waals surface area (Å²) in [6.45, 7) is 6.83. The third-order valence-electron chi connectivity index (χ3n) is 2.89. The maximum atomic E-state index is 10.8. The Balaban J connectivity index is 3.09. The number of nitrogens with zero attached hydrogens (tertiary/aromatic N) is 2. The van der Waals surface area contributed by atoms with Crippen LogP contribution in [0.3, 0.4) is 0 Å². The normalized spacial score (nSPS) is 10.7. The predicted octanol–water partition coefficient (Wildman–Crippen LogP) is 2.50. The first-order valence-electron chi connectivity index (χ1n) is 6.10. The second-order valence-electron chi connectivity index (χ2n) is 4.59. The molecule has 0 radical (unpaired) electrons. The Kier molecular flexibility index (Phi) is 5.09. The van der Waals surface area contributed by atoms with Crippen LogP contribution in [0, 0.1) is 17.0 Å². The van der Waals surface area contributed by atoms with Gasteiger partial charge in [-0.3, -0.25) is 10.1 Å². The van der Waals surface area contributed by atoms with Crippen molar-refractivity contribution in [2.24, 2.45) is 0 Å². The van der Waals surface area contributed by atoms with Crippen molar-refractivity contribution in [1.82, 2.24) is 0 Å². The van der Waals surface area contributed by atoms with Crippen molar-refractivity contribution in [2.75, 3.05) is 18.1 Å².